The van der Waals surface area contributed by atoms with Gasteiger partial charge in [0, 0.05) is 36.0 Å². The number of rotatable bonds is 8. The maximum atomic E-state index is 12.1. The first kappa shape index (κ1) is 16.3. The Labute approximate surface area is 116 Å². The van der Waals surface area contributed by atoms with Crippen molar-refractivity contribution in [1.29, 1.82) is 0 Å². The highest BCUT2D eigenvalue weighted by Gasteiger charge is 2.16. The third-order valence-electron chi connectivity index (χ3n) is 2.59. The first-order valence-corrected chi connectivity index (χ1v) is 8.99. The molecule has 0 aliphatic heterocycles. The van der Waals surface area contributed by atoms with E-state index in [1.165, 1.54) is 13.2 Å². The van der Waals surface area contributed by atoms with Crippen LogP contribution in [0.5, 0.6) is 0 Å². The Hall–Kier alpha value is -0.760. The molecular formula is C12H19NO4S2. The number of hydrogen-bond donors (Lipinski definition) is 1. The van der Waals surface area contributed by atoms with Gasteiger partial charge in [0.1, 0.15) is 0 Å². The van der Waals surface area contributed by atoms with Crippen molar-refractivity contribution >= 4 is 20.6 Å². The van der Waals surface area contributed by atoms with Crippen molar-refractivity contribution in [2.45, 2.75) is 11.4 Å². The Morgan fingerprint density at radius 2 is 2.05 bits per heavy atom. The normalized spacial score (nSPS) is 13.4. The van der Waals surface area contributed by atoms with E-state index in [0.29, 0.717) is 18.9 Å². The predicted octanol–water partition coefficient (Wildman–Crippen LogP) is 0.314. The Morgan fingerprint density at radius 1 is 1.32 bits per heavy atom. The minimum atomic E-state index is -3.40. The summed E-state index contributed by atoms with van der Waals surface area (Å²) in [7, 11) is -3.06. The van der Waals surface area contributed by atoms with Gasteiger partial charge in [0.25, 0.3) is 0 Å². The summed E-state index contributed by atoms with van der Waals surface area (Å²) in [5.74, 6) is 0.352. The molecule has 1 atom stereocenters. The molecule has 0 saturated carbocycles. The zero-order chi connectivity index (χ0) is 14.3. The van der Waals surface area contributed by atoms with Crippen LogP contribution in [0, 0.1) is 0 Å². The predicted molar refractivity (Wildman–Crippen MR) is 76.1 cm³/mol. The standard InChI is InChI=1S/C12H19NO4S2/c1-17-5-6-18(14)7-8-19(15,16)12-4-2-3-11(9-12)10-13/h2-4,9H,5-8,10,13H2,1H3. The fraction of sp³-hybridized carbons (Fsp3) is 0.500. The number of ether oxygens (including phenoxy) is 1. The summed E-state index contributed by atoms with van der Waals surface area (Å²) < 4.78 is 40.5. The van der Waals surface area contributed by atoms with Crippen molar-refractivity contribution in [1.82, 2.24) is 0 Å². The molecule has 1 unspecified atom stereocenters. The van der Waals surface area contributed by atoms with Crippen molar-refractivity contribution in [2.24, 2.45) is 5.73 Å². The average molecular weight is 305 g/mol. The molecule has 7 heteroatoms. The second kappa shape index (κ2) is 7.74. The van der Waals surface area contributed by atoms with Crippen molar-refractivity contribution in [2.75, 3.05) is 31.0 Å². The summed E-state index contributed by atoms with van der Waals surface area (Å²) in [5, 5.41) is 0. The summed E-state index contributed by atoms with van der Waals surface area (Å²) in [5.41, 5.74) is 6.25. The van der Waals surface area contributed by atoms with Gasteiger partial charge in [-0.05, 0) is 17.7 Å². The maximum Gasteiger partial charge on any atom is 0.179 e. The Morgan fingerprint density at radius 3 is 2.68 bits per heavy atom. The van der Waals surface area contributed by atoms with E-state index in [1.54, 1.807) is 18.2 Å². The topological polar surface area (TPSA) is 86.5 Å². The SMILES string of the molecule is COCCS(=O)CCS(=O)(=O)c1cccc(CN)c1. The molecule has 0 heterocycles. The summed E-state index contributed by atoms with van der Waals surface area (Å²) in [6.07, 6.45) is 0. The van der Waals surface area contributed by atoms with Gasteiger partial charge in [-0.3, -0.25) is 4.21 Å². The molecule has 108 valence electrons. The van der Waals surface area contributed by atoms with Gasteiger partial charge in [0.15, 0.2) is 9.84 Å². The molecule has 0 radical (unpaired) electrons. The van der Waals surface area contributed by atoms with E-state index in [1.807, 2.05) is 0 Å². The zero-order valence-electron chi connectivity index (χ0n) is 10.9. The minimum absolute atomic E-state index is 0.124. The van der Waals surface area contributed by atoms with Crippen molar-refractivity contribution in [3.05, 3.63) is 29.8 Å². The molecule has 2 N–H and O–H groups in total. The summed E-state index contributed by atoms with van der Waals surface area (Å²) in [6, 6.07) is 6.53. The second-order valence-corrected chi connectivity index (χ2v) is 7.82. The highest BCUT2D eigenvalue weighted by atomic mass is 32.2. The third kappa shape index (κ3) is 5.40. The van der Waals surface area contributed by atoms with Crippen LogP contribution in [-0.2, 0) is 31.9 Å². The van der Waals surface area contributed by atoms with E-state index in [4.69, 9.17) is 10.5 Å². The van der Waals surface area contributed by atoms with Gasteiger partial charge in [-0.2, -0.15) is 0 Å². The lowest BCUT2D eigenvalue weighted by molar-refractivity contribution is 0.218. The molecule has 0 aromatic heterocycles. The van der Waals surface area contributed by atoms with Crippen LogP contribution in [0.1, 0.15) is 5.56 Å². The molecule has 0 bridgehead atoms. The van der Waals surface area contributed by atoms with Crippen LogP contribution in [0.3, 0.4) is 0 Å². The van der Waals surface area contributed by atoms with E-state index in [2.05, 4.69) is 0 Å². The molecule has 5 nitrogen and oxygen atoms in total. The fourth-order valence-corrected chi connectivity index (χ4v) is 4.50. The van der Waals surface area contributed by atoms with E-state index in [9.17, 15) is 12.6 Å². The van der Waals surface area contributed by atoms with Crippen LogP contribution < -0.4 is 5.73 Å². The Balaban J connectivity index is 2.67. The minimum Gasteiger partial charge on any atom is -0.384 e. The molecular weight excluding hydrogens is 286 g/mol. The van der Waals surface area contributed by atoms with Crippen LogP contribution in [0.25, 0.3) is 0 Å². The van der Waals surface area contributed by atoms with Gasteiger partial charge in [-0.1, -0.05) is 12.1 Å². The highest BCUT2D eigenvalue weighted by molar-refractivity contribution is 7.93. The molecule has 1 aromatic carbocycles. The lowest BCUT2D eigenvalue weighted by Crippen LogP contribution is -2.17. The molecule has 1 aromatic rings. The largest absolute Gasteiger partial charge is 0.384 e. The zero-order valence-corrected chi connectivity index (χ0v) is 12.5. The van der Waals surface area contributed by atoms with Gasteiger partial charge in [0.2, 0.25) is 0 Å². The van der Waals surface area contributed by atoms with Crippen LogP contribution in [0.2, 0.25) is 0 Å². The van der Waals surface area contributed by atoms with Crippen LogP contribution >= 0.6 is 0 Å². The van der Waals surface area contributed by atoms with Gasteiger partial charge < -0.3 is 10.5 Å². The van der Waals surface area contributed by atoms with E-state index in [0.717, 1.165) is 5.56 Å². The van der Waals surface area contributed by atoms with Gasteiger partial charge in [-0.25, -0.2) is 8.42 Å². The van der Waals surface area contributed by atoms with Gasteiger partial charge in [-0.15, -0.1) is 0 Å². The van der Waals surface area contributed by atoms with Crippen molar-refractivity contribution in [3.63, 3.8) is 0 Å². The number of hydrogen-bond acceptors (Lipinski definition) is 5. The van der Waals surface area contributed by atoms with Gasteiger partial charge in [0.05, 0.1) is 17.3 Å². The first-order chi connectivity index (χ1) is 8.99. The van der Waals surface area contributed by atoms with Crippen molar-refractivity contribution < 1.29 is 17.4 Å². The lowest BCUT2D eigenvalue weighted by Gasteiger charge is -2.06. The smallest absolute Gasteiger partial charge is 0.179 e. The molecule has 0 amide bonds. The Kier molecular flexibility index (Phi) is 6.64. The first-order valence-electron chi connectivity index (χ1n) is 5.85. The fourth-order valence-electron chi connectivity index (χ4n) is 1.46. The molecule has 19 heavy (non-hydrogen) atoms. The monoisotopic (exact) mass is 305 g/mol. The molecule has 0 aliphatic rings. The number of sulfone groups is 1. The van der Waals surface area contributed by atoms with Crippen LogP contribution in [0.15, 0.2) is 29.2 Å². The molecule has 0 aliphatic carbocycles. The average Bonchev–Trinajstić information content (AvgIpc) is 2.43. The Bertz CT molecular complexity index is 528. The van der Waals surface area contributed by atoms with Gasteiger partial charge >= 0.3 is 0 Å². The van der Waals surface area contributed by atoms with Crippen LogP contribution in [0.4, 0.5) is 0 Å². The second-order valence-electron chi connectivity index (χ2n) is 4.01. The van der Waals surface area contributed by atoms with Crippen LogP contribution in [-0.4, -0.2) is 43.6 Å². The number of methoxy groups -OCH3 is 1. The van der Waals surface area contributed by atoms with E-state index >= 15 is 0 Å². The number of nitrogens with two attached hydrogens (primary N) is 1. The molecule has 0 spiro atoms. The molecule has 1 rings (SSSR count). The quantitative estimate of drug-likeness (QED) is 0.747. The highest BCUT2D eigenvalue weighted by Crippen LogP contribution is 2.13. The van der Waals surface area contributed by atoms with E-state index in [-0.39, 0.29) is 16.4 Å². The van der Waals surface area contributed by atoms with E-state index < -0.39 is 20.6 Å². The third-order valence-corrected chi connectivity index (χ3v) is 5.84. The molecule has 0 saturated heterocycles. The summed E-state index contributed by atoms with van der Waals surface area (Å²) >= 11 is 0. The lowest BCUT2D eigenvalue weighted by atomic mass is 10.2. The maximum absolute atomic E-state index is 12.1. The number of benzene rings is 1. The van der Waals surface area contributed by atoms with Crippen molar-refractivity contribution in [3.8, 4) is 0 Å². The summed E-state index contributed by atoms with van der Waals surface area (Å²) in [4.78, 5) is 0.235. The summed E-state index contributed by atoms with van der Waals surface area (Å²) in [6.45, 7) is 0.665. The molecule has 0 fully saturated rings.